The van der Waals surface area contributed by atoms with Crippen LogP contribution in [0.2, 0.25) is 0 Å². The third kappa shape index (κ3) is 9.50. The summed E-state index contributed by atoms with van der Waals surface area (Å²) < 4.78 is 34.1. The van der Waals surface area contributed by atoms with Gasteiger partial charge in [0.25, 0.3) is 5.91 Å². The Balaban J connectivity index is 0.951. The van der Waals surface area contributed by atoms with E-state index >= 15 is 9.59 Å². The van der Waals surface area contributed by atoms with E-state index in [0.717, 1.165) is 22.0 Å². The number of amides is 2. The van der Waals surface area contributed by atoms with Crippen molar-refractivity contribution in [2.24, 2.45) is 11.3 Å². The Labute approximate surface area is 473 Å². The van der Waals surface area contributed by atoms with Gasteiger partial charge in [0, 0.05) is 104 Å². The zero-order valence-corrected chi connectivity index (χ0v) is 47.9. The van der Waals surface area contributed by atoms with Crippen LogP contribution in [0.4, 0.5) is 5.69 Å². The number of aromatic amines is 1. The highest BCUT2D eigenvalue weighted by molar-refractivity contribution is 5.98. The van der Waals surface area contributed by atoms with Gasteiger partial charge in [-0.3, -0.25) is 39.0 Å². The highest BCUT2D eigenvalue weighted by Gasteiger charge is 2.83. The number of carbonyl (C=O) groups excluding carboxylic acids is 5. The zero-order chi connectivity index (χ0) is 57.8. The van der Waals surface area contributed by atoms with Crippen molar-refractivity contribution in [2.75, 3.05) is 85.4 Å². The largest absolute Gasteiger partial charge is 0.496 e. The number of esters is 3. The number of hydrogen-bond donors (Lipinski definition) is 6. The molecule has 3 saturated heterocycles. The maximum Gasteiger partial charge on any atom is 0.328 e. The number of aliphatic hydroxyl groups excluding tert-OH is 2. The van der Waals surface area contributed by atoms with Crippen LogP contribution in [0.15, 0.2) is 48.6 Å². The number of anilines is 1. The molecule has 1 saturated carbocycles. The lowest BCUT2D eigenvalue weighted by molar-refractivity contribution is -0.195. The predicted octanol–water partition coefficient (Wildman–Crippen LogP) is 3.29. The molecule has 21 heteroatoms. The monoisotopic (exact) mass is 1130 g/mol. The summed E-state index contributed by atoms with van der Waals surface area (Å²) in [5.74, 6) is -2.73. The van der Waals surface area contributed by atoms with Crippen molar-refractivity contribution in [1.82, 2.24) is 25.1 Å². The molecule has 6 N–H and O–H groups in total. The van der Waals surface area contributed by atoms with Gasteiger partial charge in [0.05, 0.1) is 44.8 Å². The van der Waals surface area contributed by atoms with Crippen LogP contribution in [0.25, 0.3) is 10.9 Å². The number of carbonyl (C=O) groups is 5. The van der Waals surface area contributed by atoms with Gasteiger partial charge >= 0.3 is 17.9 Å². The van der Waals surface area contributed by atoms with Crippen LogP contribution in [0.3, 0.4) is 0 Å². The summed E-state index contributed by atoms with van der Waals surface area (Å²) in [5.41, 5.74) is -2.35. The Morgan fingerprint density at radius 1 is 0.951 bits per heavy atom. The average molecular weight is 1130 g/mol. The van der Waals surface area contributed by atoms with Crippen molar-refractivity contribution >= 4 is 46.3 Å². The van der Waals surface area contributed by atoms with Crippen molar-refractivity contribution in [2.45, 2.75) is 157 Å². The number of fused-ring (bicyclic) bond motifs is 7. The molecule has 21 nitrogen and oxygen atoms in total. The first kappa shape index (κ1) is 58.5. The minimum Gasteiger partial charge on any atom is -0.496 e. The number of aliphatic hydroxyl groups is 4. The quantitative estimate of drug-likeness (QED) is 0.0277. The molecule has 442 valence electrons. The highest BCUT2D eigenvalue weighted by atomic mass is 16.7. The van der Waals surface area contributed by atoms with Crippen LogP contribution < -0.4 is 15.1 Å². The highest BCUT2D eigenvalue weighted by Crippen LogP contribution is 2.70. The molecule has 6 unspecified atom stereocenters. The molecule has 1 spiro atoms. The number of nitrogens with one attached hydrogen (secondary N) is 2. The van der Waals surface area contributed by atoms with Gasteiger partial charge in [-0.2, -0.15) is 0 Å². The van der Waals surface area contributed by atoms with E-state index in [1.54, 1.807) is 7.11 Å². The molecular weight excluding hydrogens is 1040 g/mol. The number of hydrazine groups is 1. The summed E-state index contributed by atoms with van der Waals surface area (Å²) in [6.07, 6.45) is 4.64. The van der Waals surface area contributed by atoms with Gasteiger partial charge in [-0.05, 0) is 94.0 Å². The fourth-order valence-electron chi connectivity index (χ4n) is 15.6. The first-order valence-corrected chi connectivity index (χ1v) is 29.1. The lowest BCUT2D eigenvalue weighted by Crippen LogP contribution is -2.78. The molecule has 13 atom stereocenters. The van der Waals surface area contributed by atoms with E-state index < -0.39 is 87.8 Å². The van der Waals surface area contributed by atoms with E-state index in [1.165, 1.54) is 26.2 Å². The summed E-state index contributed by atoms with van der Waals surface area (Å²) >= 11 is 0. The van der Waals surface area contributed by atoms with Crippen molar-refractivity contribution in [3.63, 3.8) is 0 Å². The number of para-hydroxylation sites is 1. The lowest BCUT2D eigenvalue weighted by Gasteiger charge is -2.61. The molecule has 2 aromatic carbocycles. The van der Waals surface area contributed by atoms with Crippen molar-refractivity contribution in [3.8, 4) is 5.75 Å². The molecule has 10 rings (SSSR count). The van der Waals surface area contributed by atoms with Crippen LogP contribution in [-0.2, 0) is 64.9 Å². The summed E-state index contributed by atoms with van der Waals surface area (Å²) in [7, 11) is 4.37. The number of H-pyrrole nitrogens is 1. The molecule has 4 fully saturated rings. The van der Waals surface area contributed by atoms with Crippen LogP contribution in [0, 0.1) is 11.3 Å². The number of methoxy groups -OCH3 is 3. The normalized spacial score (nSPS) is 31.9. The maximum absolute atomic E-state index is 15.6. The molecule has 7 heterocycles. The van der Waals surface area contributed by atoms with Gasteiger partial charge in [-0.1, -0.05) is 51.1 Å². The SMILES string of the molecule is CCC(CO)OC(COC(=O)CCCC(=O)NC(C)C(=O)OCCCN1C(=O)[C@]2(O)C3N1c1cc(OC)c([C@@]4(C(=O)OC)C[C@@H]5C[N@](CCc6c4[nH]c4ccccc64)CC(O)(CC)C5)cc1[C@@]31CCN3CC=C[C@](CC)(C31)[C@H]2O)OC. The first-order valence-electron chi connectivity index (χ1n) is 29.1. The van der Waals surface area contributed by atoms with E-state index in [0.29, 0.717) is 93.9 Å². The van der Waals surface area contributed by atoms with Gasteiger partial charge < -0.3 is 59.1 Å². The molecule has 3 aromatic rings. The number of benzene rings is 2. The number of piperidine rings is 1. The van der Waals surface area contributed by atoms with Crippen LogP contribution in [-0.4, -0.2) is 198 Å². The summed E-state index contributed by atoms with van der Waals surface area (Å²) in [6, 6.07) is 9.59. The van der Waals surface area contributed by atoms with Gasteiger partial charge in [0.2, 0.25) is 5.91 Å². The molecular formula is C60H82N6O15. The summed E-state index contributed by atoms with van der Waals surface area (Å²) in [4.78, 5) is 78.0. The Hall–Kier alpha value is -5.65. The minimum absolute atomic E-state index is 0.0294. The van der Waals surface area contributed by atoms with Crippen LogP contribution >= 0.6 is 0 Å². The molecule has 1 aliphatic carbocycles. The van der Waals surface area contributed by atoms with E-state index in [4.69, 9.17) is 28.4 Å². The van der Waals surface area contributed by atoms with Crippen LogP contribution in [0.5, 0.6) is 5.75 Å². The molecule has 2 amide bonds. The Bertz CT molecular complexity index is 2910. The Morgan fingerprint density at radius 3 is 2.46 bits per heavy atom. The summed E-state index contributed by atoms with van der Waals surface area (Å²) in [6.45, 7) is 9.78. The standard InChI is InChI=1S/C60H82N6O15/c1-8-38(33-67)81-48(77-6)34-80-47(69)19-13-18-46(68)61-36(4)50(70)79-27-15-24-65-54(72)60(75)52-58(22-26-64-23-14-21-57(10-3,51(58)64)53(60)71)41-28-42(45(76-5)29-44(41)66(52)65)59(55(73)78-7)31-37-30-56(74,9-2)35-63(32-37)25-20-40-39-16-11-12-17-43(39)62-49(40)59/h11-12,14,16-17,21,28-29,36-38,48,51-53,62,67,71,74-75H,8-10,13,15,18-20,22-27,30-35H2,1-7H3,(H,61,68)/t36?,37-,38?,48?,51?,52?,53-,56?,57-,58-,59+,60+/m1/s1. The third-order valence-corrected chi connectivity index (χ3v) is 19.3. The molecule has 81 heavy (non-hydrogen) atoms. The Kier molecular flexibility index (Phi) is 16.5. The number of nitrogens with zero attached hydrogens (tertiary/aromatic N) is 4. The van der Waals surface area contributed by atoms with Gasteiger partial charge in [-0.25, -0.2) is 4.79 Å². The molecule has 2 bridgehead atoms. The lowest BCUT2D eigenvalue weighted by atomic mass is 9.48. The second-order valence-corrected chi connectivity index (χ2v) is 23.6. The first-order chi connectivity index (χ1) is 38.9. The van der Waals surface area contributed by atoms with Crippen molar-refractivity contribution in [3.05, 3.63) is 70.9 Å². The second kappa shape index (κ2) is 22.8. The predicted molar refractivity (Wildman–Crippen MR) is 296 cm³/mol. The maximum atomic E-state index is 15.6. The number of rotatable bonds is 22. The Morgan fingerprint density at radius 2 is 1.74 bits per heavy atom. The number of ether oxygens (including phenoxy) is 6. The van der Waals surface area contributed by atoms with E-state index in [2.05, 4.69) is 32.2 Å². The molecule has 1 aromatic heterocycles. The van der Waals surface area contributed by atoms with Crippen molar-refractivity contribution < 1.29 is 72.8 Å². The summed E-state index contributed by atoms with van der Waals surface area (Å²) in [5, 5.41) is 54.8. The van der Waals surface area contributed by atoms with Gasteiger partial charge in [0.15, 0.2) is 11.9 Å². The fourth-order valence-corrected chi connectivity index (χ4v) is 15.6. The minimum atomic E-state index is -2.32. The molecule has 6 aliphatic heterocycles. The topological polar surface area (TPSA) is 262 Å². The zero-order valence-electron chi connectivity index (χ0n) is 47.9. The van der Waals surface area contributed by atoms with Gasteiger partial charge in [0.1, 0.15) is 36.0 Å². The molecule has 0 radical (unpaired) electrons. The van der Waals surface area contributed by atoms with E-state index in [-0.39, 0.29) is 70.4 Å². The second-order valence-electron chi connectivity index (χ2n) is 23.6. The average Bonchev–Trinajstić information content (AvgIpc) is 1.53. The molecule has 7 aliphatic rings. The van der Waals surface area contributed by atoms with E-state index in [9.17, 15) is 34.8 Å². The smallest absolute Gasteiger partial charge is 0.328 e. The van der Waals surface area contributed by atoms with Gasteiger partial charge in [-0.15, -0.1) is 0 Å². The fraction of sp³-hybridized carbons (Fsp3) is 0.650. The third-order valence-electron chi connectivity index (χ3n) is 19.3. The number of hydrogen-bond acceptors (Lipinski definition) is 18. The van der Waals surface area contributed by atoms with Crippen molar-refractivity contribution in [1.29, 1.82) is 0 Å². The van der Waals surface area contributed by atoms with Crippen LogP contribution in [0.1, 0.15) is 114 Å². The van der Waals surface area contributed by atoms with E-state index in [1.807, 2.05) is 62.2 Å². The number of aromatic nitrogens is 1.